The number of fused-ring (bicyclic) bond motifs is 2. The number of rotatable bonds is 5. The zero-order valence-corrected chi connectivity index (χ0v) is 18.7. The van der Waals surface area contributed by atoms with E-state index in [1.807, 2.05) is 0 Å². The van der Waals surface area contributed by atoms with Crippen LogP contribution in [0.2, 0.25) is 0 Å². The quantitative estimate of drug-likeness (QED) is 0.428. The lowest BCUT2D eigenvalue weighted by Crippen LogP contribution is -2.44. The van der Waals surface area contributed by atoms with E-state index in [-0.39, 0.29) is 23.5 Å². The average Bonchev–Trinajstić information content (AvgIpc) is 3.15. The van der Waals surface area contributed by atoms with Gasteiger partial charge in [-0.2, -0.15) is 0 Å². The minimum Gasteiger partial charge on any atom is -0.451 e. The number of para-hydroxylation sites is 2. The number of amides is 1. The van der Waals surface area contributed by atoms with Crippen molar-refractivity contribution in [2.45, 2.75) is 32.0 Å². The second-order valence-electron chi connectivity index (χ2n) is 8.09. The number of hydrogen-bond donors (Lipinski definition) is 0. The van der Waals surface area contributed by atoms with Gasteiger partial charge in [-0.3, -0.25) is 14.4 Å². The average molecular weight is 457 g/mol. The van der Waals surface area contributed by atoms with Gasteiger partial charge in [0.1, 0.15) is 6.54 Å². The molecule has 9 heteroatoms. The van der Waals surface area contributed by atoms with Gasteiger partial charge in [0.2, 0.25) is 0 Å². The molecule has 168 valence electrons. The number of sulfone groups is 1. The Balaban J connectivity index is 1.56. The molecular weight excluding hydrogens is 432 g/mol. The van der Waals surface area contributed by atoms with Crippen LogP contribution in [-0.4, -0.2) is 60.5 Å². The number of likely N-dealkylation sites (N-methyl/N-ethyl adjacent to an activating group) is 1. The largest absolute Gasteiger partial charge is 0.451 e. The van der Waals surface area contributed by atoms with Gasteiger partial charge in [0, 0.05) is 23.9 Å². The molecule has 0 aliphatic carbocycles. The van der Waals surface area contributed by atoms with Crippen molar-refractivity contribution >= 4 is 43.5 Å². The molecule has 0 spiro atoms. The summed E-state index contributed by atoms with van der Waals surface area (Å²) in [5.41, 5.74) is 1.08. The maximum atomic E-state index is 12.8. The summed E-state index contributed by atoms with van der Waals surface area (Å²) in [6, 6.07) is 13.6. The van der Waals surface area contributed by atoms with E-state index in [0.717, 1.165) is 0 Å². The van der Waals surface area contributed by atoms with Crippen LogP contribution in [0.15, 0.2) is 53.3 Å². The third kappa shape index (κ3) is 4.12. The topological polar surface area (TPSA) is 103 Å². The maximum absolute atomic E-state index is 12.8. The van der Waals surface area contributed by atoms with Crippen LogP contribution >= 0.6 is 0 Å². The molecule has 0 radical (unpaired) electrons. The van der Waals surface area contributed by atoms with Crippen LogP contribution in [0.3, 0.4) is 0 Å². The van der Waals surface area contributed by atoms with E-state index >= 15 is 0 Å². The molecule has 0 N–H and O–H groups in total. The predicted octanol–water partition coefficient (Wildman–Crippen LogP) is 1.73. The van der Waals surface area contributed by atoms with Crippen LogP contribution in [0.1, 0.15) is 13.3 Å². The number of nitrogens with zero attached hydrogens (tertiary/aromatic N) is 2. The van der Waals surface area contributed by atoms with Crippen molar-refractivity contribution in [3.8, 4) is 0 Å². The van der Waals surface area contributed by atoms with Crippen LogP contribution in [-0.2, 0) is 30.7 Å². The Hall–Kier alpha value is -3.20. The van der Waals surface area contributed by atoms with Gasteiger partial charge in [-0.05, 0) is 37.6 Å². The molecule has 1 aliphatic rings. The summed E-state index contributed by atoms with van der Waals surface area (Å²) in [5, 5.41) is 0.982. The number of ether oxygens (including phenoxy) is 1. The first-order chi connectivity index (χ1) is 15.2. The lowest BCUT2D eigenvalue weighted by Gasteiger charge is -2.26. The van der Waals surface area contributed by atoms with Crippen molar-refractivity contribution in [2.75, 3.05) is 18.6 Å². The normalized spacial score (nSPS) is 18.5. The van der Waals surface area contributed by atoms with E-state index in [4.69, 9.17) is 4.74 Å². The van der Waals surface area contributed by atoms with Crippen molar-refractivity contribution in [1.82, 2.24) is 9.47 Å². The molecule has 1 aromatic heterocycles. The highest BCUT2D eigenvalue weighted by Gasteiger charge is 2.35. The van der Waals surface area contributed by atoms with Crippen LogP contribution in [0.4, 0.5) is 0 Å². The van der Waals surface area contributed by atoms with Crippen molar-refractivity contribution in [3.63, 3.8) is 0 Å². The van der Waals surface area contributed by atoms with Crippen molar-refractivity contribution in [2.24, 2.45) is 0 Å². The molecule has 1 aliphatic heterocycles. The first-order valence-electron chi connectivity index (χ1n) is 10.3. The van der Waals surface area contributed by atoms with Crippen LogP contribution in [0, 0.1) is 0 Å². The number of carbonyl (C=O) groups excluding carboxylic acids is 2. The Bertz CT molecular complexity index is 1320. The number of hydrogen-bond acceptors (Lipinski definition) is 6. The Morgan fingerprint density at radius 3 is 2.19 bits per heavy atom. The molecule has 32 heavy (non-hydrogen) atoms. The van der Waals surface area contributed by atoms with Crippen molar-refractivity contribution in [3.05, 3.63) is 58.8 Å². The van der Waals surface area contributed by atoms with Crippen molar-refractivity contribution < 1.29 is 22.7 Å². The Kier molecular flexibility index (Phi) is 5.77. The lowest BCUT2D eigenvalue weighted by atomic mass is 10.1. The highest BCUT2D eigenvalue weighted by atomic mass is 32.2. The van der Waals surface area contributed by atoms with E-state index < -0.39 is 33.9 Å². The Morgan fingerprint density at radius 1 is 1.09 bits per heavy atom. The molecule has 2 atom stereocenters. The van der Waals surface area contributed by atoms with Gasteiger partial charge in [0.25, 0.3) is 5.91 Å². The van der Waals surface area contributed by atoms with E-state index in [2.05, 4.69) is 0 Å². The summed E-state index contributed by atoms with van der Waals surface area (Å²) in [4.78, 5) is 39.6. The lowest BCUT2D eigenvalue weighted by molar-refractivity contribution is -0.159. The van der Waals surface area contributed by atoms with Crippen LogP contribution < -0.4 is 5.43 Å². The summed E-state index contributed by atoms with van der Waals surface area (Å²) in [5.74, 6) is -1.10. The Labute approximate surface area is 185 Å². The molecule has 1 amide bonds. The summed E-state index contributed by atoms with van der Waals surface area (Å²) in [6.07, 6.45) is -0.687. The van der Waals surface area contributed by atoms with Crippen LogP contribution in [0.5, 0.6) is 0 Å². The third-order valence-corrected chi connectivity index (χ3v) is 7.68. The minimum atomic E-state index is -3.14. The maximum Gasteiger partial charge on any atom is 0.326 e. The fourth-order valence-electron chi connectivity index (χ4n) is 4.21. The highest BCUT2D eigenvalue weighted by molar-refractivity contribution is 7.91. The van der Waals surface area contributed by atoms with Gasteiger partial charge in [0.15, 0.2) is 21.4 Å². The zero-order chi connectivity index (χ0) is 23.0. The summed E-state index contributed by atoms with van der Waals surface area (Å²) >= 11 is 0. The standard InChI is InChI=1S/C23H24N2O6S/c1-15(23(28)24(2)16-11-12-32(29,30)14-16)31-21(26)13-25-19-9-5-3-7-17(19)22(27)18-8-4-6-10-20(18)25/h3-10,15-16H,11-14H2,1-2H3. The smallest absolute Gasteiger partial charge is 0.326 e. The summed E-state index contributed by atoms with van der Waals surface area (Å²) < 4.78 is 30.5. The number of aromatic nitrogens is 1. The van der Waals surface area contributed by atoms with Crippen LogP contribution in [0.25, 0.3) is 21.8 Å². The summed E-state index contributed by atoms with van der Waals surface area (Å²) in [6.45, 7) is 1.29. The molecule has 2 heterocycles. The molecule has 1 fully saturated rings. The summed E-state index contributed by atoms with van der Waals surface area (Å²) in [7, 11) is -1.61. The second kappa shape index (κ2) is 8.38. The zero-order valence-electron chi connectivity index (χ0n) is 17.9. The van der Waals surface area contributed by atoms with Gasteiger partial charge in [-0.25, -0.2) is 8.42 Å². The molecule has 8 nitrogen and oxygen atoms in total. The number of carbonyl (C=O) groups is 2. The molecule has 2 unspecified atom stereocenters. The third-order valence-electron chi connectivity index (χ3n) is 5.93. The monoisotopic (exact) mass is 456 g/mol. The molecule has 1 saturated heterocycles. The second-order valence-corrected chi connectivity index (χ2v) is 10.3. The van der Waals surface area contributed by atoms with E-state index in [9.17, 15) is 22.8 Å². The van der Waals surface area contributed by atoms with Gasteiger partial charge in [-0.15, -0.1) is 0 Å². The molecular formula is C23H24N2O6S. The van der Waals surface area contributed by atoms with Gasteiger partial charge >= 0.3 is 5.97 Å². The number of pyridine rings is 1. The first-order valence-corrected chi connectivity index (χ1v) is 12.2. The van der Waals surface area contributed by atoms with E-state index in [1.165, 1.54) is 18.9 Å². The Morgan fingerprint density at radius 2 is 1.66 bits per heavy atom. The minimum absolute atomic E-state index is 0.0515. The SMILES string of the molecule is CC(OC(=O)Cn1c2ccccc2c(=O)c2ccccc21)C(=O)N(C)C1CCS(=O)(=O)C1. The molecule has 0 bridgehead atoms. The van der Waals surface area contributed by atoms with Gasteiger partial charge in [0.05, 0.1) is 22.5 Å². The fraction of sp³-hybridized carbons (Fsp3) is 0.348. The number of benzene rings is 2. The highest BCUT2D eigenvalue weighted by Crippen LogP contribution is 2.20. The molecule has 0 saturated carbocycles. The van der Waals surface area contributed by atoms with Crippen molar-refractivity contribution in [1.29, 1.82) is 0 Å². The fourth-order valence-corrected chi connectivity index (χ4v) is 5.98. The van der Waals surface area contributed by atoms with Gasteiger partial charge in [-0.1, -0.05) is 24.3 Å². The van der Waals surface area contributed by atoms with Gasteiger partial charge < -0.3 is 14.2 Å². The van der Waals surface area contributed by atoms with E-state index in [1.54, 1.807) is 53.1 Å². The van der Waals surface area contributed by atoms with E-state index in [0.29, 0.717) is 28.2 Å². The predicted molar refractivity (Wildman–Crippen MR) is 121 cm³/mol. The molecule has 4 rings (SSSR count). The molecule has 2 aromatic carbocycles. The first kappa shape index (κ1) is 22.0. The molecule has 3 aromatic rings. The number of esters is 1.